The molecule has 0 aliphatic carbocycles. The van der Waals surface area contributed by atoms with Gasteiger partial charge in [0.1, 0.15) is 5.84 Å². The topological polar surface area (TPSA) is 114 Å². The van der Waals surface area contributed by atoms with Crippen LogP contribution in [0.25, 0.3) is 11.1 Å². The molecule has 0 amide bonds. The number of aryl methyl sites for hydroxylation is 1. The van der Waals surface area contributed by atoms with Crippen molar-refractivity contribution in [3.8, 4) is 11.1 Å². The molecule has 1 heterocycles. The molecule has 146 valence electrons. The van der Waals surface area contributed by atoms with Crippen LogP contribution in [0.2, 0.25) is 0 Å². The number of anilines is 2. The molecular formula is C20H23N5S3. The summed E-state index contributed by atoms with van der Waals surface area (Å²) in [4.78, 5) is 3.03. The van der Waals surface area contributed by atoms with Crippen LogP contribution in [0.3, 0.4) is 0 Å². The lowest BCUT2D eigenvalue weighted by molar-refractivity contribution is 1.14. The van der Waals surface area contributed by atoms with E-state index in [1.54, 1.807) is 34.9 Å². The number of hydrogen-bond acceptors (Lipinski definition) is 7. The minimum absolute atomic E-state index is 0.107. The van der Waals surface area contributed by atoms with E-state index in [-0.39, 0.29) is 5.84 Å². The van der Waals surface area contributed by atoms with E-state index in [0.717, 1.165) is 46.9 Å². The van der Waals surface area contributed by atoms with Gasteiger partial charge in [-0.05, 0) is 54.6 Å². The van der Waals surface area contributed by atoms with Crippen LogP contribution in [0.5, 0.6) is 0 Å². The zero-order valence-electron chi connectivity index (χ0n) is 15.7. The Morgan fingerprint density at radius 2 is 2.00 bits per heavy atom. The highest BCUT2D eigenvalue weighted by Gasteiger charge is 2.13. The van der Waals surface area contributed by atoms with Crippen molar-refractivity contribution in [1.82, 2.24) is 0 Å². The number of nitrogens with one attached hydrogen (secondary N) is 2. The van der Waals surface area contributed by atoms with E-state index in [0.29, 0.717) is 6.67 Å². The molecule has 0 spiro atoms. The quantitative estimate of drug-likeness (QED) is 0.121. The summed E-state index contributed by atoms with van der Waals surface area (Å²) in [5.74, 6) is 0.107. The molecule has 3 aromatic rings. The van der Waals surface area contributed by atoms with Gasteiger partial charge in [0.2, 0.25) is 0 Å². The monoisotopic (exact) mass is 429 g/mol. The van der Waals surface area contributed by atoms with Gasteiger partial charge in [0.25, 0.3) is 0 Å². The molecule has 0 atom stereocenters. The van der Waals surface area contributed by atoms with Crippen LogP contribution in [-0.4, -0.2) is 18.8 Å². The summed E-state index contributed by atoms with van der Waals surface area (Å²) in [7, 11) is 0. The lowest BCUT2D eigenvalue weighted by Gasteiger charge is -2.14. The lowest BCUT2D eigenvalue weighted by Crippen LogP contribution is -2.11. The molecule has 3 rings (SSSR count). The Hall–Kier alpha value is -2.13. The summed E-state index contributed by atoms with van der Waals surface area (Å²) < 4.78 is 1.16. The molecule has 2 aromatic carbocycles. The maximum Gasteiger partial charge on any atom is 0.133 e. The van der Waals surface area contributed by atoms with Gasteiger partial charge < -0.3 is 22.5 Å². The van der Waals surface area contributed by atoms with E-state index in [9.17, 15) is 0 Å². The molecule has 0 aliphatic rings. The van der Waals surface area contributed by atoms with Crippen LogP contribution < -0.4 is 22.5 Å². The molecule has 0 fully saturated rings. The Morgan fingerprint density at radius 1 is 1.21 bits per heavy atom. The average Bonchev–Trinajstić information content (AvgIpc) is 3.05. The highest BCUT2D eigenvalue weighted by molar-refractivity contribution is 8.03. The molecule has 0 saturated heterocycles. The van der Waals surface area contributed by atoms with Crippen LogP contribution in [-0.2, 0) is 0 Å². The highest BCUT2D eigenvalue weighted by atomic mass is 32.2. The molecule has 0 aliphatic heterocycles. The number of amidine groups is 1. The van der Waals surface area contributed by atoms with E-state index in [1.807, 2.05) is 24.5 Å². The predicted octanol–water partition coefficient (Wildman–Crippen LogP) is 4.79. The van der Waals surface area contributed by atoms with Gasteiger partial charge in [-0.3, -0.25) is 5.41 Å². The molecular weight excluding hydrogens is 406 g/mol. The van der Waals surface area contributed by atoms with E-state index in [4.69, 9.17) is 22.6 Å². The first-order valence-corrected chi connectivity index (χ1v) is 11.4. The van der Waals surface area contributed by atoms with Crippen molar-refractivity contribution in [2.45, 2.75) is 20.9 Å². The zero-order valence-corrected chi connectivity index (χ0v) is 18.2. The second kappa shape index (κ2) is 8.91. The Labute approximate surface area is 177 Å². The summed E-state index contributed by atoms with van der Waals surface area (Å²) in [6.07, 6.45) is 2.04. The standard InChI is InChI=1S/C20H23N5S3/c1-11-6-13(25-10-21)8-15(22)18(11)12-4-3-5-14(7-12)27-17-9-16(19(23)24)28-20(17)26-2/h3-9,25H,10,21-22H2,1-2H3,(H3,23,24). The maximum absolute atomic E-state index is 7.68. The third-order valence-electron chi connectivity index (χ3n) is 4.14. The Kier molecular flexibility index (Phi) is 6.56. The van der Waals surface area contributed by atoms with E-state index >= 15 is 0 Å². The molecule has 8 heteroatoms. The second-order valence-corrected chi connectivity index (χ2v) is 9.39. The minimum Gasteiger partial charge on any atom is -0.398 e. The van der Waals surface area contributed by atoms with Gasteiger partial charge in [-0.15, -0.1) is 23.1 Å². The Balaban J connectivity index is 1.95. The largest absolute Gasteiger partial charge is 0.398 e. The molecule has 0 saturated carbocycles. The molecule has 8 N–H and O–H groups in total. The first-order valence-electron chi connectivity index (χ1n) is 8.57. The summed E-state index contributed by atoms with van der Waals surface area (Å²) in [5.41, 5.74) is 22.4. The molecule has 1 aromatic heterocycles. The minimum atomic E-state index is 0.107. The predicted molar refractivity (Wildman–Crippen MR) is 125 cm³/mol. The van der Waals surface area contributed by atoms with Crippen molar-refractivity contribution < 1.29 is 0 Å². The summed E-state index contributed by atoms with van der Waals surface area (Å²) in [5, 5.41) is 10.8. The molecule has 0 radical (unpaired) electrons. The second-order valence-electron chi connectivity index (χ2n) is 6.15. The van der Waals surface area contributed by atoms with Crippen molar-refractivity contribution in [2.75, 3.05) is 24.0 Å². The summed E-state index contributed by atoms with van der Waals surface area (Å²) in [6, 6.07) is 14.3. The fourth-order valence-corrected chi connectivity index (χ4v) is 6.03. The van der Waals surface area contributed by atoms with Crippen molar-refractivity contribution >= 4 is 52.1 Å². The Bertz CT molecular complexity index is 990. The maximum atomic E-state index is 7.68. The highest BCUT2D eigenvalue weighted by Crippen LogP contribution is 2.42. The van der Waals surface area contributed by atoms with E-state index in [2.05, 4.69) is 36.5 Å². The molecule has 0 unspecified atom stereocenters. The van der Waals surface area contributed by atoms with Gasteiger partial charge in [0.15, 0.2) is 0 Å². The number of nitrogen functional groups attached to an aromatic ring is 2. The van der Waals surface area contributed by atoms with Crippen LogP contribution >= 0.6 is 34.9 Å². The van der Waals surface area contributed by atoms with E-state index in [1.165, 1.54) is 0 Å². The average molecular weight is 430 g/mol. The van der Waals surface area contributed by atoms with Crippen molar-refractivity contribution in [2.24, 2.45) is 11.5 Å². The fourth-order valence-electron chi connectivity index (χ4n) is 2.97. The number of nitrogens with two attached hydrogens (primary N) is 3. The van der Waals surface area contributed by atoms with E-state index < -0.39 is 0 Å². The van der Waals surface area contributed by atoms with Crippen LogP contribution in [0.15, 0.2) is 56.5 Å². The molecule has 28 heavy (non-hydrogen) atoms. The van der Waals surface area contributed by atoms with Gasteiger partial charge in [-0.25, -0.2) is 0 Å². The SMILES string of the molecule is CSc1sc(C(=N)N)cc1Sc1cccc(-c2c(C)cc(NCN)cc2N)c1. The van der Waals surface area contributed by atoms with Gasteiger partial charge in [0.05, 0.1) is 15.8 Å². The lowest BCUT2D eigenvalue weighted by atomic mass is 9.98. The van der Waals surface area contributed by atoms with Crippen molar-refractivity contribution in [3.63, 3.8) is 0 Å². The number of benzene rings is 2. The van der Waals surface area contributed by atoms with Gasteiger partial charge >= 0.3 is 0 Å². The summed E-state index contributed by atoms with van der Waals surface area (Å²) >= 11 is 4.90. The summed E-state index contributed by atoms with van der Waals surface area (Å²) in [6.45, 7) is 2.42. The molecule has 0 bridgehead atoms. The Morgan fingerprint density at radius 3 is 2.64 bits per heavy atom. The van der Waals surface area contributed by atoms with Crippen LogP contribution in [0, 0.1) is 12.3 Å². The fraction of sp³-hybridized carbons (Fsp3) is 0.150. The third-order valence-corrected chi connectivity index (χ3v) is 7.73. The van der Waals surface area contributed by atoms with Crippen molar-refractivity contribution in [1.29, 1.82) is 5.41 Å². The van der Waals surface area contributed by atoms with Gasteiger partial charge in [-0.2, -0.15) is 0 Å². The van der Waals surface area contributed by atoms with Gasteiger partial charge in [0, 0.05) is 26.7 Å². The van der Waals surface area contributed by atoms with Crippen LogP contribution in [0.4, 0.5) is 11.4 Å². The zero-order chi connectivity index (χ0) is 20.3. The number of hydrogen-bond donors (Lipinski definition) is 5. The first-order chi connectivity index (χ1) is 13.4. The van der Waals surface area contributed by atoms with Gasteiger partial charge in [-0.1, -0.05) is 23.9 Å². The van der Waals surface area contributed by atoms with Crippen molar-refractivity contribution in [3.05, 3.63) is 52.9 Å². The normalized spacial score (nSPS) is 10.8. The number of thiophene rings is 1. The molecule has 5 nitrogen and oxygen atoms in total. The smallest absolute Gasteiger partial charge is 0.133 e. The number of thioether (sulfide) groups is 1. The third kappa shape index (κ3) is 4.47. The number of rotatable bonds is 7. The van der Waals surface area contributed by atoms with Crippen LogP contribution in [0.1, 0.15) is 10.4 Å². The first kappa shape index (κ1) is 20.6.